The van der Waals surface area contributed by atoms with Crippen LogP contribution in [0.5, 0.6) is 0 Å². The van der Waals surface area contributed by atoms with Crippen LogP contribution in [0, 0.1) is 11.8 Å². The highest BCUT2D eigenvalue weighted by Crippen LogP contribution is 2.28. The minimum atomic E-state index is -0.141. The summed E-state index contributed by atoms with van der Waals surface area (Å²) in [5, 5.41) is 2.89. The normalized spacial score (nSPS) is 21.3. The first-order chi connectivity index (χ1) is 12.3. The van der Waals surface area contributed by atoms with Gasteiger partial charge >= 0.3 is 0 Å². The van der Waals surface area contributed by atoms with Gasteiger partial charge in [-0.1, -0.05) is 33.8 Å². The van der Waals surface area contributed by atoms with Crippen LogP contribution >= 0.6 is 11.8 Å². The molecule has 0 aliphatic carbocycles. The largest absolute Gasteiger partial charge is 0.342 e. The number of carbonyl (C=O) groups is 2. The van der Waals surface area contributed by atoms with Crippen molar-refractivity contribution in [2.24, 2.45) is 11.8 Å². The maximum Gasteiger partial charge on any atom is 0.281 e. The summed E-state index contributed by atoms with van der Waals surface area (Å²) in [5.41, 5.74) is 0.886. The molecule has 2 rings (SSSR count). The van der Waals surface area contributed by atoms with Crippen molar-refractivity contribution in [1.82, 2.24) is 15.2 Å². The van der Waals surface area contributed by atoms with E-state index in [1.54, 1.807) is 24.5 Å². The standard InChI is InChI=1S/C20H29N3O2S/c1-14(2)10-17-13-23(19(11-15(3)4)26-20(25)22-17)18(24)8-7-16-6-5-9-21-12-16/h5-9,12,14-15,17,19H,10-11,13H2,1-4H3,(H,22,25)/b8-7+/t17-,19+/m0/s1. The Kier molecular flexibility index (Phi) is 7.69. The number of amides is 2. The zero-order valence-electron chi connectivity index (χ0n) is 16.0. The summed E-state index contributed by atoms with van der Waals surface area (Å²) in [7, 11) is 0. The zero-order chi connectivity index (χ0) is 19.1. The van der Waals surface area contributed by atoms with E-state index in [1.807, 2.05) is 17.0 Å². The van der Waals surface area contributed by atoms with E-state index in [9.17, 15) is 9.59 Å². The fraction of sp³-hybridized carbons (Fsp3) is 0.550. The fourth-order valence-corrected chi connectivity index (χ4v) is 4.32. The third-order valence-electron chi connectivity index (χ3n) is 4.14. The Bertz CT molecular complexity index is 631. The predicted octanol–water partition coefficient (Wildman–Crippen LogP) is 4.17. The molecule has 1 aromatic rings. The summed E-state index contributed by atoms with van der Waals surface area (Å²) >= 11 is 1.23. The van der Waals surface area contributed by atoms with Crippen LogP contribution in [0.15, 0.2) is 30.6 Å². The van der Waals surface area contributed by atoms with Crippen LogP contribution in [-0.2, 0) is 4.79 Å². The molecule has 2 amide bonds. The Morgan fingerprint density at radius 3 is 2.69 bits per heavy atom. The number of pyridine rings is 1. The quantitative estimate of drug-likeness (QED) is 0.758. The molecule has 1 N–H and O–H groups in total. The van der Waals surface area contributed by atoms with Gasteiger partial charge in [-0.05, 0) is 54.1 Å². The van der Waals surface area contributed by atoms with E-state index >= 15 is 0 Å². The molecule has 2 heterocycles. The average Bonchev–Trinajstić information content (AvgIpc) is 2.71. The van der Waals surface area contributed by atoms with E-state index in [4.69, 9.17) is 0 Å². The van der Waals surface area contributed by atoms with Gasteiger partial charge in [0.15, 0.2) is 0 Å². The number of hydrogen-bond donors (Lipinski definition) is 1. The molecule has 0 spiro atoms. The SMILES string of the molecule is CC(C)C[C@H]1CN(C(=O)/C=C/c2cccnc2)[C@@H](CC(C)C)SC(=O)N1. The highest BCUT2D eigenvalue weighted by molar-refractivity contribution is 8.14. The van der Waals surface area contributed by atoms with E-state index in [0.29, 0.717) is 18.4 Å². The summed E-state index contributed by atoms with van der Waals surface area (Å²) < 4.78 is 0. The minimum Gasteiger partial charge on any atom is -0.342 e. The van der Waals surface area contributed by atoms with E-state index in [2.05, 4.69) is 38.0 Å². The van der Waals surface area contributed by atoms with Gasteiger partial charge in [0.2, 0.25) is 5.91 Å². The molecule has 0 saturated carbocycles. The van der Waals surface area contributed by atoms with Gasteiger partial charge in [-0.25, -0.2) is 0 Å². The Hall–Kier alpha value is -1.82. The van der Waals surface area contributed by atoms with Gasteiger partial charge < -0.3 is 10.2 Å². The second-order valence-corrected chi connectivity index (χ2v) is 8.72. The lowest BCUT2D eigenvalue weighted by Crippen LogP contribution is -2.44. The summed E-state index contributed by atoms with van der Waals surface area (Å²) in [5.74, 6) is 0.798. The van der Waals surface area contributed by atoms with Crippen molar-refractivity contribution < 1.29 is 9.59 Å². The Morgan fingerprint density at radius 2 is 2.08 bits per heavy atom. The Balaban J connectivity index is 2.20. The molecule has 26 heavy (non-hydrogen) atoms. The van der Waals surface area contributed by atoms with Crippen LogP contribution in [0.2, 0.25) is 0 Å². The molecule has 0 unspecified atom stereocenters. The average molecular weight is 376 g/mol. The Morgan fingerprint density at radius 1 is 1.35 bits per heavy atom. The van der Waals surface area contributed by atoms with E-state index < -0.39 is 0 Å². The monoisotopic (exact) mass is 375 g/mol. The summed E-state index contributed by atoms with van der Waals surface area (Å²) in [4.78, 5) is 31.1. The van der Waals surface area contributed by atoms with Crippen molar-refractivity contribution in [2.45, 2.75) is 52.0 Å². The summed E-state index contributed by atoms with van der Waals surface area (Å²) in [6.07, 6.45) is 8.45. The van der Waals surface area contributed by atoms with E-state index in [1.165, 1.54) is 11.8 Å². The van der Waals surface area contributed by atoms with Gasteiger partial charge in [0, 0.05) is 31.1 Å². The number of nitrogens with zero attached hydrogens (tertiary/aromatic N) is 2. The first-order valence-corrected chi connectivity index (χ1v) is 10.1. The first kappa shape index (κ1) is 20.5. The van der Waals surface area contributed by atoms with E-state index in [-0.39, 0.29) is 22.6 Å². The van der Waals surface area contributed by atoms with Crippen LogP contribution in [0.4, 0.5) is 4.79 Å². The zero-order valence-corrected chi connectivity index (χ0v) is 16.8. The molecule has 6 heteroatoms. The summed E-state index contributed by atoms with van der Waals surface area (Å²) in [6.45, 7) is 9.03. The maximum absolute atomic E-state index is 12.9. The molecule has 142 valence electrons. The van der Waals surface area contributed by atoms with Crippen LogP contribution in [0.25, 0.3) is 6.08 Å². The van der Waals surface area contributed by atoms with Crippen molar-refractivity contribution in [2.75, 3.05) is 6.54 Å². The van der Waals surface area contributed by atoms with Crippen LogP contribution in [0.3, 0.4) is 0 Å². The highest BCUT2D eigenvalue weighted by Gasteiger charge is 2.33. The molecule has 0 aromatic carbocycles. The molecule has 2 atom stereocenters. The first-order valence-electron chi connectivity index (χ1n) is 9.21. The van der Waals surface area contributed by atoms with Crippen molar-refractivity contribution in [3.05, 3.63) is 36.2 Å². The molecular formula is C20H29N3O2S. The number of nitrogens with one attached hydrogen (secondary N) is 1. The van der Waals surface area contributed by atoms with Gasteiger partial charge in [-0.15, -0.1) is 0 Å². The maximum atomic E-state index is 12.9. The fourth-order valence-electron chi connectivity index (χ4n) is 3.04. The molecule has 0 radical (unpaired) electrons. The minimum absolute atomic E-state index is 0.0112. The third-order valence-corrected chi connectivity index (χ3v) is 5.20. The molecule has 1 saturated heterocycles. The lowest BCUT2D eigenvalue weighted by Gasteiger charge is -2.30. The van der Waals surface area contributed by atoms with Crippen molar-refractivity contribution in [1.29, 1.82) is 0 Å². The van der Waals surface area contributed by atoms with E-state index in [0.717, 1.165) is 18.4 Å². The predicted molar refractivity (Wildman–Crippen MR) is 108 cm³/mol. The molecule has 0 bridgehead atoms. The second-order valence-electron chi connectivity index (χ2n) is 7.57. The van der Waals surface area contributed by atoms with Crippen LogP contribution in [0.1, 0.15) is 46.1 Å². The van der Waals surface area contributed by atoms with Gasteiger partial charge in [0.05, 0.1) is 5.37 Å². The molecule has 1 fully saturated rings. The Labute approximate surface area is 160 Å². The molecule has 1 aliphatic rings. The molecule has 5 nitrogen and oxygen atoms in total. The lowest BCUT2D eigenvalue weighted by atomic mass is 10.0. The third kappa shape index (κ3) is 6.48. The van der Waals surface area contributed by atoms with Crippen molar-refractivity contribution >= 4 is 29.0 Å². The molecule has 1 aliphatic heterocycles. The van der Waals surface area contributed by atoms with Gasteiger partial charge in [-0.2, -0.15) is 0 Å². The number of thioether (sulfide) groups is 1. The number of carbonyl (C=O) groups excluding carboxylic acids is 2. The van der Waals surface area contributed by atoms with Gasteiger partial charge in [0.25, 0.3) is 5.24 Å². The number of aromatic nitrogens is 1. The molecular weight excluding hydrogens is 346 g/mol. The van der Waals surface area contributed by atoms with Crippen molar-refractivity contribution in [3.8, 4) is 0 Å². The summed E-state index contributed by atoms with van der Waals surface area (Å²) in [6, 6.07) is 3.74. The second kappa shape index (κ2) is 9.76. The lowest BCUT2D eigenvalue weighted by molar-refractivity contribution is -0.127. The number of rotatable bonds is 6. The molecule has 1 aromatic heterocycles. The van der Waals surface area contributed by atoms with Crippen molar-refractivity contribution in [3.63, 3.8) is 0 Å². The topological polar surface area (TPSA) is 62.3 Å². The van der Waals surface area contributed by atoms with Crippen LogP contribution in [-0.4, -0.2) is 39.0 Å². The van der Waals surface area contributed by atoms with Gasteiger partial charge in [-0.3, -0.25) is 14.6 Å². The van der Waals surface area contributed by atoms with Gasteiger partial charge in [0.1, 0.15) is 0 Å². The smallest absolute Gasteiger partial charge is 0.281 e. The highest BCUT2D eigenvalue weighted by atomic mass is 32.2. The number of hydrogen-bond acceptors (Lipinski definition) is 4. The van der Waals surface area contributed by atoms with Crippen LogP contribution < -0.4 is 5.32 Å².